The van der Waals surface area contributed by atoms with Crippen molar-refractivity contribution in [2.24, 2.45) is 23.5 Å². The molecule has 3 unspecified atom stereocenters. The molecule has 0 saturated carbocycles. The van der Waals surface area contributed by atoms with Crippen LogP contribution in [0.4, 0.5) is 4.79 Å². The lowest BCUT2D eigenvalue weighted by Gasteiger charge is -2.31. The monoisotopic (exact) mass is 551 g/mol. The highest BCUT2D eigenvalue weighted by atomic mass is 16.7. The smallest absolute Gasteiger partial charge is 0.480 e. The van der Waals surface area contributed by atoms with Gasteiger partial charge in [0.1, 0.15) is 12.1 Å². The highest BCUT2D eigenvalue weighted by Gasteiger charge is 2.36. The number of ether oxygens (including phenoxy) is 4. The highest BCUT2D eigenvalue weighted by Crippen LogP contribution is 2.37. The number of benzene rings is 1. The van der Waals surface area contributed by atoms with Crippen molar-refractivity contribution in [1.82, 2.24) is 0 Å². The minimum Gasteiger partial charge on any atom is -0.480 e. The molecule has 1 rings (SSSR count). The Morgan fingerprint density at radius 3 is 1.95 bits per heavy atom. The number of hydrogen-bond donors (Lipinski definition) is 2. The molecule has 10 nitrogen and oxygen atoms in total. The second-order valence-corrected chi connectivity index (χ2v) is 10.7. The van der Waals surface area contributed by atoms with Crippen molar-refractivity contribution in [2.75, 3.05) is 6.61 Å². The van der Waals surface area contributed by atoms with Gasteiger partial charge in [-0.2, -0.15) is 0 Å². The van der Waals surface area contributed by atoms with Gasteiger partial charge < -0.3 is 29.8 Å². The number of carboxylic acid groups (broad SMARTS) is 1. The lowest BCUT2D eigenvalue weighted by atomic mass is 9.79. The van der Waals surface area contributed by atoms with Gasteiger partial charge in [0.15, 0.2) is 11.5 Å². The zero-order valence-corrected chi connectivity index (χ0v) is 24.2. The minimum atomic E-state index is -1.37. The van der Waals surface area contributed by atoms with E-state index in [0.29, 0.717) is 12.0 Å². The van der Waals surface area contributed by atoms with Crippen LogP contribution in [0.25, 0.3) is 0 Å². The molecule has 1 aromatic rings. The van der Waals surface area contributed by atoms with E-state index in [4.69, 9.17) is 24.7 Å². The number of rotatable bonds is 16. The summed E-state index contributed by atoms with van der Waals surface area (Å²) in [6, 6.07) is 3.10. The third kappa shape index (κ3) is 12.1. The fraction of sp³-hybridized carbons (Fsp3) is 0.655. The van der Waals surface area contributed by atoms with Crippen LogP contribution in [0.3, 0.4) is 0 Å². The van der Waals surface area contributed by atoms with E-state index in [-0.39, 0.29) is 42.8 Å². The fourth-order valence-electron chi connectivity index (χ4n) is 3.98. The molecule has 0 spiro atoms. The Kier molecular flexibility index (Phi) is 14.5. The summed E-state index contributed by atoms with van der Waals surface area (Å²) in [4.78, 5) is 49.0. The molecule has 0 aliphatic heterocycles. The van der Waals surface area contributed by atoms with Crippen molar-refractivity contribution in [1.29, 1.82) is 0 Å². The second-order valence-electron chi connectivity index (χ2n) is 10.7. The number of hydrogen-bond acceptors (Lipinski definition) is 9. The first-order valence-electron chi connectivity index (χ1n) is 13.6. The van der Waals surface area contributed by atoms with E-state index in [0.717, 1.165) is 12.8 Å². The van der Waals surface area contributed by atoms with Gasteiger partial charge in [-0.25, -0.2) is 4.79 Å². The van der Waals surface area contributed by atoms with Crippen LogP contribution in [-0.2, 0) is 23.9 Å². The maximum atomic E-state index is 12.5. The summed E-state index contributed by atoms with van der Waals surface area (Å²) in [6.07, 6.45) is 1.30. The zero-order valence-electron chi connectivity index (χ0n) is 24.2. The van der Waals surface area contributed by atoms with E-state index in [2.05, 4.69) is 0 Å². The third-order valence-electron chi connectivity index (χ3n) is 6.18. The van der Waals surface area contributed by atoms with Gasteiger partial charge in [-0.3, -0.25) is 14.4 Å². The van der Waals surface area contributed by atoms with E-state index >= 15 is 0 Å². The lowest BCUT2D eigenvalue weighted by molar-refractivity contribution is -0.140. The van der Waals surface area contributed by atoms with Crippen molar-refractivity contribution in [3.05, 3.63) is 23.8 Å². The average Bonchev–Trinajstić information content (AvgIpc) is 2.82. The molecule has 0 heterocycles. The molecule has 0 aliphatic rings. The molecule has 0 aliphatic carbocycles. The van der Waals surface area contributed by atoms with Crippen LogP contribution < -0.4 is 15.2 Å². The minimum absolute atomic E-state index is 0.0195. The number of carbonyl (C=O) groups excluding carboxylic acids is 3. The van der Waals surface area contributed by atoms with Crippen molar-refractivity contribution in [3.8, 4) is 11.5 Å². The molecule has 0 fully saturated rings. The summed E-state index contributed by atoms with van der Waals surface area (Å²) in [5.74, 6) is -3.61. The average molecular weight is 552 g/mol. The van der Waals surface area contributed by atoms with Crippen LogP contribution in [0, 0.1) is 17.8 Å². The summed E-state index contributed by atoms with van der Waals surface area (Å²) in [5.41, 5.74) is 6.52. The van der Waals surface area contributed by atoms with Gasteiger partial charge in [0.05, 0.1) is 6.61 Å². The summed E-state index contributed by atoms with van der Waals surface area (Å²) in [6.45, 7) is 13.1. The molecule has 0 amide bonds. The Hall–Kier alpha value is -3.14. The highest BCUT2D eigenvalue weighted by molar-refractivity contribution is 5.77. The van der Waals surface area contributed by atoms with Crippen LogP contribution in [0.1, 0.15) is 92.1 Å². The molecular formula is C29H45NO9. The molecule has 1 aromatic carbocycles. The van der Waals surface area contributed by atoms with Crippen molar-refractivity contribution in [2.45, 2.75) is 98.6 Å². The number of unbranched alkanes of at least 4 members (excludes halogenated alkanes) is 2. The molecule has 4 atom stereocenters. The van der Waals surface area contributed by atoms with E-state index in [1.165, 1.54) is 12.1 Å². The second kappa shape index (κ2) is 16.7. The Balaban J connectivity index is 3.32. The summed E-state index contributed by atoms with van der Waals surface area (Å²) in [5, 5.41) is 9.75. The largest absolute Gasteiger partial charge is 0.508 e. The predicted molar refractivity (Wildman–Crippen MR) is 146 cm³/mol. The number of carboxylic acids is 1. The van der Waals surface area contributed by atoms with Crippen LogP contribution in [0.15, 0.2) is 18.2 Å². The van der Waals surface area contributed by atoms with Crippen molar-refractivity contribution >= 4 is 24.1 Å². The molecule has 0 bridgehead atoms. The number of esters is 2. The van der Waals surface area contributed by atoms with Crippen LogP contribution >= 0.6 is 0 Å². The standard InChI is InChI=1S/C29H45NO9/c1-8-9-10-13-36-29(35)37-20(7)19(6)26(27(30)28(33)34)21-11-12-22(38-24(31)14-17(2)3)23(16-21)39-25(32)15-18(4)5/h11-12,16-20,26-27H,8-10,13-15,30H2,1-7H3,(H,33,34)/t19?,20?,26?,27-/m0/s1. The van der Waals surface area contributed by atoms with E-state index in [1.54, 1.807) is 19.9 Å². The van der Waals surface area contributed by atoms with E-state index in [1.807, 2.05) is 34.6 Å². The summed E-state index contributed by atoms with van der Waals surface area (Å²) < 4.78 is 21.6. The van der Waals surface area contributed by atoms with Gasteiger partial charge in [-0.15, -0.1) is 0 Å². The SMILES string of the molecule is CCCCCOC(=O)OC(C)C(C)C(c1ccc(OC(=O)CC(C)C)c(OC(=O)CC(C)C)c1)[C@H](N)C(=O)O. The van der Waals surface area contributed by atoms with E-state index in [9.17, 15) is 24.3 Å². The van der Waals surface area contributed by atoms with Crippen LogP contribution in [-0.4, -0.2) is 47.9 Å². The topological polar surface area (TPSA) is 151 Å². The van der Waals surface area contributed by atoms with Crippen molar-refractivity contribution < 1.29 is 43.2 Å². The first-order chi connectivity index (χ1) is 18.3. The normalized spacial score (nSPS) is 14.3. The van der Waals surface area contributed by atoms with Gasteiger partial charge in [-0.05, 0) is 42.9 Å². The maximum absolute atomic E-state index is 12.5. The van der Waals surface area contributed by atoms with Crippen molar-refractivity contribution in [3.63, 3.8) is 0 Å². The molecule has 3 N–H and O–H groups in total. The van der Waals surface area contributed by atoms with Gasteiger partial charge >= 0.3 is 24.1 Å². The van der Waals surface area contributed by atoms with Crippen LogP contribution in [0.2, 0.25) is 0 Å². The molecule has 10 heteroatoms. The molecular weight excluding hydrogens is 506 g/mol. The third-order valence-corrected chi connectivity index (χ3v) is 6.18. The van der Waals surface area contributed by atoms with E-state index < -0.39 is 48.0 Å². The first-order valence-corrected chi connectivity index (χ1v) is 13.6. The van der Waals surface area contributed by atoms with Gasteiger partial charge in [0.2, 0.25) is 0 Å². The van der Waals surface area contributed by atoms with Gasteiger partial charge in [-0.1, -0.05) is 60.5 Å². The van der Waals surface area contributed by atoms with Gasteiger partial charge in [0, 0.05) is 24.7 Å². The quantitative estimate of drug-likeness (QED) is 0.154. The van der Waals surface area contributed by atoms with Crippen LogP contribution in [0.5, 0.6) is 11.5 Å². The Morgan fingerprint density at radius 1 is 0.872 bits per heavy atom. The first kappa shape index (κ1) is 33.9. The number of nitrogens with two attached hydrogens (primary N) is 1. The Morgan fingerprint density at radius 2 is 1.44 bits per heavy atom. The number of carbonyl (C=O) groups is 4. The number of aliphatic carboxylic acids is 1. The molecule has 0 radical (unpaired) electrons. The maximum Gasteiger partial charge on any atom is 0.508 e. The Labute approximate surface area is 231 Å². The molecule has 39 heavy (non-hydrogen) atoms. The summed E-state index contributed by atoms with van der Waals surface area (Å²) in [7, 11) is 0. The zero-order chi connectivity index (χ0) is 29.7. The molecule has 0 aromatic heterocycles. The Bertz CT molecular complexity index is 960. The molecule has 0 saturated heterocycles. The van der Waals surface area contributed by atoms with Gasteiger partial charge in [0.25, 0.3) is 0 Å². The fourth-order valence-corrected chi connectivity index (χ4v) is 3.98. The predicted octanol–water partition coefficient (Wildman–Crippen LogP) is 5.45. The lowest BCUT2D eigenvalue weighted by Crippen LogP contribution is -2.42. The summed E-state index contributed by atoms with van der Waals surface area (Å²) >= 11 is 0. The molecule has 220 valence electrons.